The van der Waals surface area contributed by atoms with Gasteiger partial charge in [0.25, 0.3) is 11.8 Å². The Morgan fingerprint density at radius 1 is 1.05 bits per heavy atom. The third kappa shape index (κ3) is 6.10. The standard InChI is InChI=1S/C27H30N4O7/c1-27(2,3)38-26(36)29-15-16-7-9-17(10-8-16)37-14-13-28-19-6-4-5-18-22(19)25(35)31(24(18)34)20-11-12-21(32)30-23(20)33/h4-10,20,28H,11-15H2,1-3H3,(H,29,36)(H,30,32,33). The second-order valence-corrected chi connectivity index (χ2v) is 9.95. The minimum absolute atomic E-state index is 0.0630. The van der Waals surface area contributed by atoms with Gasteiger partial charge in [0.1, 0.15) is 24.0 Å². The molecule has 1 saturated heterocycles. The molecular formula is C27H30N4O7. The maximum Gasteiger partial charge on any atom is 0.407 e. The number of rotatable bonds is 8. The zero-order valence-corrected chi connectivity index (χ0v) is 21.5. The van der Waals surface area contributed by atoms with Crippen molar-refractivity contribution in [2.24, 2.45) is 0 Å². The van der Waals surface area contributed by atoms with Crippen LogP contribution in [0.25, 0.3) is 0 Å². The number of carbonyl (C=O) groups excluding carboxylic acids is 5. The molecule has 0 radical (unpaired) electrons. The van der Waals surface area contributed by atoms with Crippen LogP contribution in [0.15, 0.2) is 42.5 Å². The van der Waals surface area contributed by atoms with Gasteiger partial charge in [-0.2, -0.15) is 0 Å². The molecule has 2 aromatic rings. The van der Waals surface area contributed by atoms with Crippen LogP contribution in [0.5, 0.6) is 5.75 Å². The van der Waals surface area contributed by atoms with Gasteiger partial charge in [0, 0.05) is 25.2 Å². The molecule has 0 bridgehead atoms. The molecule has 0 saturated carbocycles. The van der Waals surface area contributed by atoms with E-state index in [0.717, 1.165) is 10.5 Å². The largest absolute Gasteiger partial charge is 0.492 e. The van der Waals surface area contributed by atoms with Gasteiger partial charge in [-0.3, -0.25) is 29.4 Å². The van der Waals surface area contributed by atoms with Crippen molar-refractivity contribution in [3.63, 3.8) is 0 Å². The first kappa shape index (κ1) is 26.6. The predicted molar refractivity (Wildman–Crippen MR) is 137 cm³/mol. The summed E-state index contributed by atoms with van der Waals surface area (Å²) in [5.41, 5.74) is 1.18. The summed E-state index contributed by atoms with van der Waals surface area (Å²) in [5.74, 6) is -1.57. The van der Waals surface area contributed by atoms with E-state index in [0.29, 0.717) is 24.5 Å². The van der Waals surface area contributed by atoms with E-state index >= 15 is 0 Å². The van der Waals surface area contributed by atoms with E-state index in [1.165, 1.54) is 0 Å². The summed E-state index contributed by atoms with van der Waals surface area (Å²) < 4.78 is 11.0. The maximum absolute atomic E-state index is 13.1. The molecule has 3 N–H and O–H groups in total. The fourth-order valence-electron chi connectivity index (χ4n) is 4.21. The van der Waals surface area contributed by atoms with E-state index in [9.17, 15) is 24.0 Å². The fraction of sp³-hybridized carbons (Fsp3) is 0.370. The number of hydrogen-bond acceptors (Lipinski definition) is 8. The summed E-state index contributed by atoms with van der Waals surface area (Å²) in [5, 5.41) is 8.02. The number of amides is 5. The highest BCUT2D eigenvalue weighted by atomic mass is 16.6. The Labute approximate surface area is 219 Å². The SMILES string of the molecule is CC(C)(C)OC(=O)NCc1ccc(OCCNc2cccc3c2C(=O)N(C2CCC(=O)NC2=O)C3=O)cc1. The molecule has 0 aliphatic carbocycles. The molecule has 200 valence electrons. The molecule has 2 aliphatic rings. The first-order valence-corrected chi connectivity index (χ1v) is 12.3. The van der Waals surface area contributed by atoms with Crippen molar-refractivity contribution in [1.82, 2.24) is 15.5 Å². The van der Waals surface area contributed by atoms with Gasteiger partial charge < -0.3 is 20.1 Å². The van der Waals surface area contributed by atoms with E-state index in [-0.39, 0.29) is 30.6 Å². The molecule has 1 atom stereocenters. The van der Waals surface area contributed by atoms with Crippen LogP contribution in [0.4, 0.5) is 10.5 Å². The van der Waals surface area contributed by atoms with Gasteiger partial charge in [-0.25, -0.2) is 4.79 Å². The first-order valence-electron chi connectivity index (χ1n) is 12.3. The minimum atomic E-state index is -1.02. The second-order valence-electron chi connectivity index (χ2n) is 9.95. The Morgan fingerprint density at radius 2 is 1.79 bits per heavy atom. The smallest absolute Gasteiger partial charge is 0.407 e. The third-order valence-corrected chi connectivity index (χ3v) is 5.91. The Hall–Kier alpha value is -4.41. The van der Waals surface area contributed by atoms with Crippen LogP contribution in [0.3, 0.4) is 0 Å². The topological polar surface area (TPSA) is 143 Å². The van der Waals surface area contributed by atoms with E-state index < -0.39 is 41.4 Å². The number of piperidine rings is 1. The molecule has 11 nitrogen and oxygen atoms in total. The molecule has 2 aliphatic heterocycles. The fourth-order valence-corrected chi connectivity index (χ4v) is 4.21. The lowest BCUT2D eigenvalue weighted by atomic mass is 10.0. The van der Waals surface area contributed by atoms with Crippen molar-refractivity contribution in [2.75, 3.05) is 18.5 Å². The second kappa shape index (κ2) is 10.9. The van der Waals surface area contributed by atoms with Crippen LogP contribution in [0.1, 0.15) is 59.9 Å². The molecule has 11 heteroatoms. The number of fused-ring (bicyclic) bond motifs is 1. The quantitative estimate of drug-likeness (QED) is 0.355. The Bertz CT molecular complexity index is 1270. The van der Waals surface area contributed by atoms with Gasteiger partial charge in [0.2, 0.25) is 11.8 Å². The van der Waals surface area contributed by atoms with Crippen molar-refractivity contribution >= 4 is 35.4 Å². The van der Waals surface area contributed by atoms with Gasteiger partial charge in [-0.05, 0) is 57.0 Å². The lowest BCUT2D eigenvalue weighted by molar-refractivity contribution is -0.136. The number of carbonyl (C=O) groups is 5. The number of ether oxygens (including phenoxy) is 2. The van der Waals surface area contributed by atoms with E-state index in [1.807, 2.05) is 12.1 Å². The molecule has 1 fully saturated rings. The number of imide groups is 2. The molecular weight excluding hydrogens is 492 g/mol. The zero-order chi connectivity index (χ0) is 27.4. The number of benzene rings is 2. The highest BCUT2D eigenvalue weighted by Gasteiger charge is 2.45. The maximum atomic E-state index is 13.1. The first-order chi connectivity index (χ1) is 18.0. The van der Waals surface area contributed by atoms with Gasteiger partial charge in [-0.1, -0.05) is 18.2 Å². The van der Waals surface area contributed by atoms with Gasteiger partial charge in [-0.15, -0.1) is 0 Å². The number of anilines is 1. The van der Waals surface area contributed by atoms with Crippen molar-refractivity contribution in [2.45, 2.75) is 51.8 Å². The highest BCUT2D eigenvalue weighted by molar-refractivity contribution is 6.25. The summed E-state index contributed by atoms with van der Waals surface area (Å²) in [4.78, 5) is 62.5. The third-order valence-electron chi connectivity index (χ3n) is 5.91. The highest BCUT2D eigenvalue weighted by Crippen LogP contribution is 2.32. The van der Waals surface area contributed by atoms with Crippen molar-refractivity contribution in [3.05, 3.63) is 59.2 Å². The Kier molecular flexibility index (Phi) is 7.65. The van der Waals surface area contributed by atoms with Gasteiger partial charge in [0.15, 0.2) is 0 Å². The van der Waals surface area contributed by atoms with Crippen LogP contribution in [-0.4, -0.2) is 59.4 Å². The average molecular weight is 523 g/mol. The molecule has 5 amide bonds. The molecule has 0 aromatic heterocycles. The number of alkyl carbamates (subject to hydrolysis) is 1. The molecule has 1 unspecified atom stereocenters. The molecule has 0 spiro atoms. The predicted octanol–water partition coefficient (Wildman–Crippen LogP) is 2.60. The molecule has 38 heavy (non-hydrogen) atoms. The Balaban J connectivity index is 1.29. The van der Waals surface area contributed by atoms with Crippen molar-refractivity contribution in [1.29, 1.82) is 0 Å². The molecule has 2 aromatic carbocycles. The normalized spacial score (nSPS) is 17.1. The van der Waals surface area contributed by atoms with Crippen LogP contribution in [-0.2, 0) is 20.9 Å². The summed E-state index contributed by atoms with van der Waals surface area (Å²) in [6, 6.07) is 11.1. The number of nitrogens with one attached hydrogen (secondary N) is 3. The summed E-state index contributed by atoms with van der Waals surface area (Å²) >= 11 is 0. The lowest BCUT2D eigenvalue weighted by Gasteiger charge is -2.27. The monoisotopic (exact) mass is 522 g/mol. The summed E-state index contributed by atoms with van der Waals surface area (Å²) in [6.07, 6.45) is -0.326. The van der Waals surface area contributed by atoms with Crippen LogP contribution in [0, 0.1) is 0 Å². The minimum Gasteiger partial charge on any atom is -0.492 e. The van der Waals surface area contributed by atoms with Crippen molar-refractivity contribution in [3.8, 4) is 5.75 Å². The van der Waals surface area contributed by atoms with Crippen LogP contribution < -0.4 is 20.7 Å². The number of nitrogens with zero attached hydrogens (tertiary/aromatic N) is 1. The van der Waals surface area contributed by atoms with Gasteiger partial charge in [0.05, 0.1) is 11.1 Å². The van der Waals surface area contributed by atoms with Crippen molar-refractivity contribution < 1.29 is 33.4 Å². The van der Waals surface area contributed by atoms with E-state index in [2.05, 4.69) is 16.0 Å². The number of hydrogen-bond donors (Lipinski definition) is 3. The van der Waals surface area contributed by atoms with E-state index in [1.54, 1.807) is 51.1 Å². The van der Waals surface area contributed by atoms with Crippen LogP contribution in [0.2, 0.25) is 0 Å². The summed E-state index contributed by atoms with van der Waals surface area (Å²) in [7, 11) is 0. The lowest BCUT2D eigenvalue weighted by Crippen LogP contribution is -2.54. The Morgan fingerprint density at radius 3 is 2.47 bits per heavy atom. The molecule has 4 rings (SSSR count). The molecule has 2 heterocycles. The van der Waals surface area contributed by atoms with Gasteiger partial charge >= 0.3 is 6.09 Å². The van der Waals surface area contributed by atoms with Crippen LogP contribution >= 0.6 is 0 Å². The summed E-state index contributed by atoms with van der Waals surface area (Å²) in [6.45, 7) is 6.33. The van der Waals surface area contributed by atoms with E-state index in [4.69, 9.17) is 9.47 Å². The average Bonchev–Trinajstić information content (AvgIpc) is 3.11. The zero-order valence-electron chi connectivity index (χ0n) is 21.5.